The summed E-state index contributed by atoms with van der Waals surface area (Å²) in [5.41, 5.74) is 3.77. The lowest BCUT2D eigenvalue weighted by Crippen LogP contribution is -2.08. The second kappa shape index (κ2) is 4.71. The lowest BCUT2D eigenvalue weighted by molar-refractivity contribution is 0.725. The zero-order chi connectivity index (χ0) is 12.5. The molecule has 0 aliphatic carbocycles. The highest BCUT2D eigenvalue weighted by Crippen LogP contribution is 2.27. The summed E-state index contributed by atoms with van der Waals surface area (Å²) in [6, 6.07) is 6.76. The summed E-state index contributed by atoms with van der Waals surface area (Å²) in [5, 5.41) is 3.19. The summed E-state index contributed by atoms with van der Waals surface area (Å²) >= 11 is 1.77. The quantitative estimate of drug-likeness (QED) is 0.730. The Morgan fingerprint density at radius 1 is 1.39 bits per heavy atom. The van der Waals surface area contributed by atoms with Crippen LogP contribution >= 0.6 is 11.3 Å². The summed E-state index contributed by atoms with van der Waals surface area (Å²) in [6.45, 7) is 3.11. The highest BCUT2D eigenvalue weighted by molar-refractivity contribution is 7.23. The number of aromatic nitrogens is 2. The normalized spacial score (nSPS) is 11.7. The summed E-state index contributed by atoms with van der Waals surface area (Å²) in [7, 11) is 2.00. The number of benzene rings is 1. The first-order valence-electron chi connectivity index (χ1n) is 6.29. The van der Waals surface area contributed by atoms with E-state index in [4.69, 9.17) is 0 Å². The predicted octanol–water partition coefficient (Wildman–Crippen LogP) is 3.01. The Kier molecular flexibility index (Phi) is 3.06. The molecule has 0 fully saturated rings. The van der Waals surface area contributed by atoms with Crippen molar-refractivity contribution in [3.8, 4) is 0 Å². The van der Waals surface area contributed by atoms with Crippen molar-refractivity contribution in [1.82, 2.24) is 14.7 Å². The van der Waals surface area contributed by atoms with Crippen molar-refractivity contribution in [2.45, 2.75) is 19.8 Å². The SMILES string of the molecule is CNCCCc1ccc2c(c1)sc1nc(C)cn12. The summed E-state index contributed by atoms with van der Waals surface area (Å²) in [4.78, 5) is 5.62. The molecule has 2 aromatic heterocycles. The van der Waals surface area contributed by atoms with Crippen LogP contribution in [0, 0.1) is 6.92 Å². The fourth-order valence-corrected chi connectivity index (χ4v) is 3.40. The van der Waals surface area contributed by atoms with E-state index in [-0.39, 0.29) is 0 Å². The van der Waals surface area contributed by atoms with Gasteiger partial charge in [-0.05, 0) is 51.1 Å². The van der Waals surface area contributed by atoms with Gasteiger partial charge in [0.15, 0.2) is 4.96 Å². The Morgan fingerprint density at radius 2 is 2.28 bits per heavy atom. The predicted molar refractivity (Wildman–Crippen MR) is 77.6 cm³/mol. The van der Waals surface area contributed by atoms with Crippen molar-refractivity contribution in [1.29, 1.82) is 0 Å². The second-order valence-electron chi connectivity index (χ2n) is 4.65. The fourth-order valence-electron chi connectivity index (χ4n) is 2.28. The van der Waals surface area contributed by atoms with Crippen LogP contribution in [-0.2, 0) is 6.42 Å². The van der Waals surface area contributed by atoms with E-state index in [9.17, 15) is 0 Å². The van der Waals surface area contributed by atoms with Crippen molar-refractivity contribution in [3.63, 3.8) is 0 Å². The molecular weight excluding hydrogens is 242 g/mol. The van der Waals surface area contributed by atoms with Gasteiger partial charge in [0.25, 0.3) is 0 Å². The average Bonchev–Trinajstić information content (AvgIpc) is 2.84. The first-order chi connectivity index (χ1) is 8.78. The van der Waals surface area contributed by atoms with Gasteiger partial charge in [-0.1, -0.05) is 17.4 Å². The Morgan fingerprint density at radius 3 is 3.11 bits per heavy atom. The topological polar surface area (TPSA) is 29.3 Å². The van der Waals surface area contributed by atoms with Crippen LogP contribution in [0.4, 0.5) is 0 Å². The van der Waals surface area contributed by atoms with Crippen LogP contribution in [0.2, 0.25) is 0 Å². The third-order valence-electron chi connectivity index (χ3n) is 3.17. The molecule has 0 unspecified atom stereocenters. The van der Waals surface area contributed by atoms with E-state index in [1.54, 1.807) is 11.3 Å². The van der Waals surface area contributed by atoms with Crippen molar-refractivity contribution >= 4 is 26.5 Å². The van der Waals surface area contributed by atoms with Gasteiger partial charge in [0, 0.05) is 6.20 Å². The summed E-state index contributed by atoms with van der Waals surface area (Å²) < 4.78 is 3.52. The third kappa shape index (κ3) is 2.02. The number of rotatable bonds is 4. The highest BCUT2D eigenvalue weighted by atomic mass is 32.1. The lowest BCUT2D eigenvalue weighted by atomic mass is 10.1. The molecule has 0 saturated heterocycles. The minimum Gasteiger partial charge on any atom is -0.320 e. The van der Waals surface area contributed by atoms with Gasteiger partial charge in [0.2, 0.25) is 0 Å². The van der Waals surface area contributed by atoms with Gasteiger partial charge >= 0.3 is 0 Å². The van der Waals surface area contributed by atoms with E-state index in [0.29, 0.717) is 0 Å². The number of nitrogens with zero attached hydrogens (tertiary/aromatic N) is 2. The molecule has 0 bridgehead atoms. The molecule has 3 nitrogen and oxygen atoms in total. The smallest absolute Gasteiger partial charge is 0.194 e. The molecule has 3 aromatic rings. The van der Waals surface area contributed by atoms with E-state index in [1.165, 1.54) is 22.2 Å². The maximum atomic E-state index is 4.53. The van der Waals surface area contributed by atoms with Gasteiger partial charge in [-0.15, -0.1) is 0 Å². The molecule has 0 saturated carbocycles. The molecule has 0 aliphatic heterocycles. The van der Waals surface area contributed by atoms with Gasteiger partial charge in [-0.2, -0.15) is 0 Å². The van der Waals surface area contributed by atoms with E-state index in [1.807, 2.05) is 14.0 Å². The molecule has 0 radical (unpaired) electrons. The number of aryl methyl sites for hydroxylation is 2. The molecule has 0 amide bonds. The van der Waals surface area contributed by atoms with E-state index >= 15 is 0 Å². The maximum absolute atomic E-state index is 4.53. The summed E-state index contributed by atoms with van der Waals surface area (Å²) in [6.07, 6.45) is 4.43. The van der Waals surface area contributed by atoms with Gasteiger partial charge in [-0.3, -0.25) is 4.40 Å². The molecule has 0 aliphatic rings. The van der Waals surface area contributed by atoms with E-state index < -0.39 is 0 Å². The number of hydrogen-bond acceptors (Lipinski definition) is 3. The highest BCUT2D eigenvalue weighted by Gasteiger charge is 2.07. The van der Waals surface area contributed by atoms with Crippen molar-refractivity contribution < 1.29 is 0 Å². The molecule has 0 spiro atoms. The van der Waals surface area contributed by atoms with E-state index in [0.717, 1.165) is 23.6 Å². The van der Waals surface area contributed by atoms with Gasteiger partial charge in [0.05, 0.1) is 15.9 Å². The third-order valence-corrected chi connectivity index (χ3v) is 4.19. The van der Waals surface area contributed by atoms with Crippen LogP contribution in [0.3, 0.4) is 0 Å². The Hall–Kier alpha value is -1.39. The minimum atomic E-state index is 1.07. The van der Waals surface area contributed by atoms with Gasteiger partial charge in [0.1, 0.15) is 0 Å². The molecule has 3 rings (SSSR count). The van der Waals surface area contributed by atoms with Crippen LogP contribution in [0.25, 0.3) is 15.2 Å². The molecular formula is C14H17N3S. The number of hydrogen-bond donors (Lipinski definition) is 1. The molecule has 4 heteroatoms. The largest absolute Gasteiger partial charge is 0.320 e. The zero-order valence-corrected chi connectivity index (χ0v) is 11.5. The number of imidazole rings is 1. The molecule has 1 aromatic carbocycles. The standard InChI is InChI=1S/C14H17N3S/c1-10-9-17-12-6-5-11(4-3-7-15-2)8-13(12)18-14(17)16-10/h5-6,8-9,15H,3-4,7H2,1-2H3. The zero-order valence-electron chi connectivity index (χ0n) is 10.7. The molecule has 1 N–H and O–H groups in total. The molecule has 0 atom stereocenters. The Bertz CT molecular complexity index is 681. The van der Waals surface area contributed by atoms with Crippen LogP contribution in [0.1, 0.15) is 17.7 Å². The van der Waals surface area contributed by atoms with E-state index in [2.05, 4.69) is 39.1 Å². The maximum Gasteiger partial charge on any atom is 0.194 e. The number of thiazole rings is 1. The fraction of sp³-hybridized carbons (Fsp3) is 0.357. The first kappa shape index (κ1) is 11.7. The summed E-state index contributed by atoms with van der Waals surface area (Å²) in [5.74, 6) is 0. The Balaban J connectivity index is 1.97. The molecule has 94 valence electrons. The van der Waals surface area contributed by atoms with Crippen molar-refractivity contribution in [2.24, 2.45) is 0 Å². The second-order valence-corrected chi connectivity index (χ2v) is 5.66. The minimum absolute atomic E-state index is 1.07. The Labute approximate surface area is 110 Å². The number of fused-ring (bicyclic) bond motifs is 3. The van der Waals surface area contributed by atoms with Crippen molar-refractivity contribution in [2.75, 3.05) is 13.6 Å². The average molecular weight is 259 g/mol. The van der Waals surface area contributed by atoms with Crippen LogP contribution in [-0.4, -0.2) is 23.0 Å². The number of nitrogens with one attached hydrogen (secondary N) is 1. The first-order valence-corrected chi connectivity index (χ1v) is 7.11. The lowest BCUT2D eigenvalue weighted by Gasteiger charge is -2.01. The van der Waals surface area contributed by atoms with Crippen molar-refractivity contribution in [3.05, 3.63) is 35.7 Å². The van der Waals surface area contributed by atoms with Crippen LogP contribution < -0.4 is 5.32 Å². The van der Waals surface area contributed by atoms with Crippen LogP contribution in [0.15, 0.2) is 24.4 Å². The molecule has 18 heavy (non-hydrogen) atoms. The van der Waals surface area contributed by atoms with Gasteiger partial charge in [-0.25, -0.2) is 4.98 Å². The van der Waals surface area contributed by atoms with Crippen LogP contribution in [0.5, 0.6) is 0 Å². The molecule has 2 heterocycles. The monoisotopic (exact) mass is 259 g/mol. The van der Waals surface area contributed by atoms with Gasteiger partial charge < -0.3 is 5.32 Å².